The molecule has 4 aliphatic carbocycles. The highest BCUT2D eigenvalue weighted by molar-refractivity contribution is 5.55. The van der Waals surface area contributed by atoms with Crippen LogP contribution in [0, 0.1) is 34.5 Å². The van der Waals surface area contributed by atoms with E-state index in [0.717, 1.165) is 30.6 Å². The van der Waals surface area contributed by atoms with Gasteiger partial charge in [0.25, 0.3) is 0 Å². The molecule has 0 N–H and O–H groups in total. The summed E-state index contributed by atoms with van der Waals surface area (Å²) in [6.07, 6.45) is 16.4. The number of rotatable bonds is 2. The van der Waals surface area contributed by atoms with E-state index >= 15 is 0 Å². The maximum atomic E-state index is 11.2. The van der Waals surface area contributed by atoms with E-state index in [0.29, 0.717) is 16.7 Å². The van der Waals surface area contributed by atoms with Gasteiger partial charge in [-0.25, -0.2) is 0 Å². The Labute approximate surface area is 141 Å². The van der Waals surface area contributed by atoms with E-state index in [9.17, 15) is 4.79 Å². The number of carbonyl (C=O) groups excluding carboxylic acids is 1. The standard InChI is InChI=1S/C22H32O/c1-4-16-6-8-19-18-7-5-17-13-15(14-23)9-11-22(17,3)20(18)10-12-21(16,19)2/h5-6,14-15,18-20H,4,7-13H2,1-3H3/t15-,18?,19?,20?,21?,22-/m0/s1. The first-order valence-electron chi connectivity index (χ1n) is 9.87. The molecule has 0 bridgehead atoms. The van der Waals surface area contributed by atoms with E-state index in [1.54, 1.807) is 11.1 Å². The van der Waals surface area contributed by atoms with Crippen LogP contribution in [0.3, 0.4) is 0 Å². The van der Waals surface area contributed by atoms with Gasteiger partial charge in [-0.05, 0) is 80.0 Å². The van der Waals surface area contributed by atoms with Crippen LogP contribution in [0.2, 0.25) is 0 Å². The third-order valence-corrected chi connectivity index (χ3v) is 8.46. The minimum Gasteiger partial charge on any atom is -0.303 e. The van der Waals surface area contributed by atoms with Crippen LogP contribution in [0.15, 0.2) is 23.3 Å². The molecule has 1 heteroatoms. The summed E-state index contributed by atoms with van der Waals surface area (Å²) in [7, 11) is 0. The Morgan fingerprint density at radius 2 is 1.87 bits per heavy atom. The smallest absolute Gasteiger partial charge is 0.123 e. The van der Waals surface area contributed by atoms with E-state index in [4.69, 9.17) is 0 Å². The van der Waals surface area contributed by atoms with Crippen LogP contribution in [-0.2, 0) is 4.79 Å². The topological polar surface area (TPSA) is 17.1 Å². The fourth-order valence-electron chi connectivity index (χ4n) is 7.01. The Bertz CT molecular complexity index is 571. The van der Waals surface area contributed by atoms with Gasteiger partial charge in [-0.2, -0.15) is 0 Å². The summed E-state index contributed by atoms with van der Waals surface area (Å²) in [4.78, 5) is 11.2. The van der Waals surface area contributed by atoms with E-state index in [-0.39, 0.29) is 0 Å². The van der Waals surface area contributed by atoms with Crippen LogP contribution >= 0.6 is 0 Å². The van der Waals surface area contributed by atoms with Crippen molar-refractivity contribution in [3.63, 3.8) is 0 Å². The minimum atomic E-state index is 0.291. The van der Waals surface area contributed by atoms with Gasteiger partial charge in [0.05, 0.1) is 0 Å². The molecular weight excluding hydrogens is 280 g/mol. The molecule has 6 atom stereocenters. The molecule has 0 amide bonds. The number of aldehydes is 1. The van der Waals surface area contributed by atoms with Crippen LogP contribution in [-0.4, -0.2) is 6.29 Å². The molecule has 0 spiro atoms. The van der Waals surface area contributed by atoms with Gasteiger partial charge in [0.1, 0.15) is 6.29 Å². The molecule has 23 heavy (non-hydrogen) atoms. The van der Waals surface area contributed by atoms with Gasteiger partial charge in [-0.1, -0.05) is 44.1 Å². The Hall–Kier alpha value is -0.850. The van der Waals surface area contributed by atoms with Crippen molar-refractivity contribution in [2.24, 2.45) is 34.5 Å². The van der Waals surface area contributed by atoms with Gasteiger partial charge in [-0.15, -0.1) is 0 Å². The fraction of sp³-hybridized carbons (Fsp3) is 0.773. The normalized spacial score (nSPS) is 48.7. The second-order valence-electron chi connectivity index (χ2n) is 9.17. The number of carbonyl (C=O) groups is 1. The molecule has 4 rings (SSSR count). The first-order valence-corrected chi connectivity index (χ1v) is 9.87. The summed E-state index contributed by atoms with van der Waals surface area (Å²) in [5.41, 5.74) is 4.24. The molecule has 4 unspecified atom stereocenters. The van der Waals surface area contributed by atoms with Crippen molar-refractivity contribution in [3.05, 3.63) is 23.3 Å². The second-order valence-corrected chi connectivity index (χ2v) is 9.17. The molecule has 126 valence electrons. The van der Waals surface area contributed by atoms with Gasteiger partial charge in [0.15, 0.2) is 0 Å². The summed E-state index contributed by atoms with van der Waals surface area (Å²) in [6.45, 7) is 7.43. The predicted molar refractivity (Wildman–Crippen MR) is 95.0 cm³/mol. The van der Waals surface area contributed by atoms with Gasteiger partial charge in [0, 0.05) is 5.92 Å². The maximum Gasteiger partial charge on any atom is 0.123 e. The van der Waals surface area contributed by atoms with Crippen LogP contribution in [0.4, 0.5) is 0 Å². The monoisotopic (exact) mass is 312 g/mol. The van der Waals surface area contributed by atoms with E-state index < -0.39 is 0 Å². The first-order chi connectivity index (χ1) is 11.0. The van der Waals surface area contributed by atoms with Crippen molar-refractivity contribution in [2.75, 3.05) is 0 Å². The summed E-state index contributed by atoms with van der Waals surface area (Å²) < 4.78 is 0. The highest BCUT2D eigenvalue weighted by Crippen LogP contribution is 2.65. The van der Waals surface area contributed by atoms with Crippen molar-refractivity contribution in [1.82, 2.24) is 0 Å². The lowest BCUT2D eigenvalue weighted by Gasteiger charge is -2.57. The molecule has 0 heterocycles. The summed E-state index contributed by atoms with van der Waals surface area (Å²) >= 11 is 0. The first kappa shape index (κ1) is 15.7. The molecule has 1 nitrogen and oxygen atoms in total. The average molecular weight is 312 g/mol. The number of fused-ring (bicyclic) bond motifs is 5. The zero-order chi connectivity index (χ0) is 16.2. The molecule has 0 saturated heterocycles. The lowest BCUT2D eigenvalue weighted by atomic mass is 9.47. The SMILES string of the molecule is CCC1=CCC2C3CC=C4C[C@@H](C=O)CC[C@]4(C)C3CCC12C. The third-order valence-electron chi connectivity index (χ3n) is 8.46. The van der Waals surface area contributed by atoms with Crippen molar-refractivity contribution >= 4 is 6.29 Å². The second kappa shape index (κ2) is 5.33. The Morgan fingerprint density at radius 1 is 1.09 bits per heavy atom. The van der Waals surface area contributed by atoms with Gasteiger partial charge in [0.2, 0.25) is 0 Å². The number of hydrogen-bond donors (Lipinski definition) is 0. The molecule has 0 radical (unpaired) electrons. The third kappa shape index (κ3) is 2.07. The van der Waals surface area contributed by atoms with Crippen LogP contribution in [0.5, 0.6) is 0 Å². The summed E-state index contributed by atoms with van der Waals surface area (Å²) in [6, 6.07) is 0. The fourth-order valence-corrected chi connectivity index (χ4v) is 7.01. The molecule has 2 fully saturated rings. The Morgan fingerprint density at radius 3 is 2.61 bits per heavy atom. The quantitative estimate of drug-likeness (QED) is 0.471. The van der Waals surface area contributed by atoms with Crippen molar-refractivity contribution < 1.29 is 4.79 Å². The zero-order valence-corrected chi connectivity index (χ0v) is 15.1. The van der Waals surface area contributed by atoms with Gasteiger partial charge >= 0.3 is 0 Å². The number of hydrogen-bond acceptors (Lipinski definition) is 1. The molecule has 0 aliphatic heterocycles. The number of allylic oxidation sites excluding steroid dienone is 4. The Kier molecular flexibility index (Phi) is 3.63. The highest BCUT2D eigenvalue weighted by Gasteiger charge is 2.56. The largest absolute Gasteiger partial charge is 0.303 e. The van der Waals surface area contributed by atoms with Crippen molar-refractivity contribution in [3.8, 4) is 0 Å². The molecular formula is C22H32O. The molecule has 0 aromatic rings. The van der Waals surface area contributed by atoms with Crippen LogP contribution in [0.1, 0.15) is 72.1 Å². The van der Waals surface area contributed by atoms with Crippen LogP contribution in [0.25, 0.3) is 0 Å². The lowest BCUT2D eigenvalue weighted by molar-refractivity contribution is -0.112. The molecule has 0 aromatic carbocycles. The molecule has 2 saturated carbocycles. The van der Waals surface area contributed by atoms with Crippen molar-refractivity contribution in [1.29, 1.82) is 0 Å². The van der Waals surface area contributed by atoms with E-state index in [1.807, 2.05) is 0 Å². The average Bonchev–Trinajstić information content (AvgIpc) is 2.90. The highest BCUT2D eigenvalue weighted by atomic mass is 16.1. The van der Waals surface area contributed by atoms with Gasteiger partial charge < -0.3 is 4.79 Å². The molecule has 0 aromatic heterocycles. The summed E-state index contributed by atoms with van der Waals surface area (Å²) in [5.74, 6) is 2.89. The zero-order valence-electron chi connectivity index (χ0n) is 15.1. The summed E-state index contributed by atoms with van der Waals surface area (Å²) in [5, 5.41) is 0. The Balaban J connectivity index is 1.65. The predicted octanol–water partition coefficient (Wildman–Crippen LogP) is 5.71. The lowest BCUT2D eigenvalue weighted by Crippen LogP contribution is -2.49. The molecule has 4 aliphatic rings. The minimum absolute atomic E-state index is 0.291. The maximum absolute atomic E-state index is 11.2. The van der Waals surface area contributed by atoms with Gasteiger partial charge in [-0.3, -0.25) is 0 Å². The van der Waals surface area contributed by atoms with Crippen LogP contribution < -0.4 is 0 Å². The van der Waals surface area contributed by atoms with Crippen molar-refractivity contribution in [2.45, 2.75) is 72.1 Å². The van der Waals surface area contributed by atoms with E-state index in [1.165, 1.54) is 44.8 Å². The van der Waals surface area contributed by atoms with E-state index in [2.05, 4.69) is 32.9 Å².